The molecule has 1 fully saturated rings. The number of fused-ring (bicyclic) bond motifs is 1. The molecule has 1 saturated heterocycles. The first kappa shape index (κ1) is 24.6. The van der Waals surface area contributed by atoms with Gasteiger partial charge in [0, 0.05) is 24.5 Å². The van der Waals surface area contributed by atoms with Crippen LogP contribution in [0.5, 0.6) is 5.75 Å². The maximum absolute atomic E-state index is 13.1. The van der Waals surface area contributed by atoms with Crippen LogP contribution in [0.1, 0.15) is 31.4 Å². The average molecular weight is 512 g/mol. The number of benzene rings is 1. The van der Waals surface area contributed by atoms with E-state index < -0.39 is 45.2 Å². The smallest absolute Gasteiger partial charge is 0.431 e. The van der Waals surface area contributed by atoms with Crippen molar-refractivity contribution in [2.75, 3.05) is 0 Å². The van der Waals surface area contributed by atoms with Crippen LogP contribution in [0.4, 0.5) is 4.79 Å². The van der Waals surface area contributed by atoms with Gasteiger partial charge in [-0.15, -0.1) is 0 Å². The van der Waals surface area contributed by atoms with Gasteiger partial charge in [0.25, 0.3) is 5.08 Å². The van der Waals surface area contributed by atoms with Crippen molar-refractivity contribution in [3.05, 3.63) is 66.1 Å². The van der Waals surface area contributed by atoms with Crippen molar-refractivity contribution in [2.45, 2.75) is 37.7 Å². The number of hydrogen-bond acceptors (Lipinski definition) is 9. The molecular weight excluding hydrogens is 490 g/mol. The Balaban J connectivity index is 1.66. The van der Waals surface area contributed by atoms with Crippen LogP contribution in [-0.4, -0.2) is 41.6 Å². The molecule has 34 heavy (non-hydrogen) atoms. The fourth-order valence-electron chi connectivity index (χ4n) is 3.35. The molecule has 2 unspecified atom stereocenters. The Bertz CT molecular complexity index is 1300. The van der Waals surface area contributed by atoms with E-state index in [-0.39, 0.29) is 17.0 Å². The number of ether oxygens (including phenoxy) is 2. The number of aromatic nitrogens is 2. The van der Waals surface area contributed by atoms with Crippen LogP contribution in [0.25, 0.3) is 5.65 Å². The zero-order valence-electron chi connectivity index (χ0n) is 18.0. The summed E-state index contributed by atoms with van der Waals surface area (Å²) in [6.45, 7) is 3.21. The van der Waals surface area contributed by atoms with E-state index in [1.165, 1.54) is 34.9 Å². The Morgan fingerprint density at radius 1 is 1.15 bits per heavy atom. The number of rotatable bonds is 5. The number of aliphatic hydroxyl groups is 1. The SMILES string of the molecule is CC(C)OC(=O)Oc1ccccc1C1OP(=O)(O)C(O)(Cc2cnc3ccccn23)P(=O)(O)O1. The second kappa shape index (κ2) is 8.90. The summed E-state index contributed by atoms with van der Waals surface area (Å²) in [7, 11) is -10.5. The maximum atomic E-state index is 13.1. The van der Waals surface area contributed by atoms with Crippen molar-refractivity contribution in [1.82, 2.24) is 9.38 Å². The molecule has 0 saturated carbocycles. The molecule has 14 heteroatoms. The minimum absolute atomic E-state index is 0.136. The fourth-order valence-corrected chi connectivity index (χ4v) is 6.88. The first-order chi connectivity index (χ1) is 15.9. The van der Waals surface area contributed by atoms with Crippen LogP contribution in [0.3, 0.4) is 0 Å². The summed E-state index contributed by atoms with van der Waals surface area (Å²) < 4.78 is 48.0. The number of carbonyl (C=O) groups excluding carboxylic acids is 1. The largest absolute Gasteiger partial charge is 0.514 e. The van der Waals surface area contributed by atoms with Gasteiger partial charge in [0.15, 0.2) is 0 Å². The Kier molecular flexibility index (Phi) is 6.43. The molecule has 12 nitrogen and oxygen atoms in total. The molecule has 0 bridgehead atoms. The molecule has 1 aromatic carbocycles. The van der Waals surface area contributed by atoms with E-state index in [4.69, 9.17) is 18.5 Å². The molecule has 0 aliphatic carbocycles. The normalized spacial score (nSPS) is 29.3. The molecule has 182 valence electrons. The fraction of sp³-hybridized carbons (Fsp3) is 0.300. The number of pyridine rings is 1. The number of hydrogen-bond donors (Lipinski definition) is 3. The van der Waals surface area contributed by atoms with Gasteiger partial charge in [-0.1, -0.05) is 24.3 Å². The van der Waals surface area contributed by atoms with Gasteiger partial charge in [-0.25, -0.2) is 9.78 Å². The van der Waals surface area contributed by atoms with Crippen LogP contribution < -0.4 is 4.74 Å². The van der Waals surface area contributed by atoms with Crippen molar-refractivity contribution < 1.29 is 47.3 Å². The van der Waals surface area contributed by atoms with Gasteiger partial charge in [0.05, 0.1) is 11.7 Å². The second-order valence-corrected chi connectivity index (χ2v) is 12.1. The predicted octanol–water partition coefficient (Wildman–Crippen LogP) is 3.56. The highest BCUT2D eigenvalue weighted by molar-refractivity contribution is 7.73. The van der Waals surface area contributed by atoms with E-state index in [1.54, 1.807) is 38.2 Å². The minimum Gasteiger partial charge on any atom is -0.431 e. The molecule has 2 atom stereocenters. The molecule has 3 heterocycles. The molecule has 1 aliphatic rings. The van der Waals surface area contributed by atoms with E-state index >= 15 is 0 Å². The summed E-state index contributed by atoms with van der Waals surface area (Å²) in [5.74, 6) is -0.189. The van der Waals surface area contributed by atoms with Gasteiger partial charge >= 0.3 is 21.3 Å². The number of imidazole rings is 1. The second-order valence-electron chi connectivity index (χ2n) is 7.77. The molecule has 0 spiro atoms. The van der Waals surface area contributed by atoms with Crippen molar-refractivity contribution >= 4 is 27.0 Å². The van der Waals surface area contributed by atoms with E-state index in [9.17, 15) is 28.8 Å². The topological polar surface area (TPSA) is 166 Å². The molecule has 0 amide bonds. The minimum atomic E-state index is -5.24. The summed E-state index contributed by atoms with van der Waals surface area (Å²) in [6, 6.07) is 10.6. The summed E-state index contributed by atoms with van der Waals surface area (Å²) in [5.41, 5.74) is 0.493. The lowest BCUT2D eigenvalue weighted by molar-refractivity contribution is -0.0590. The van der Waals surface area contributed by atoms with Crippen molar-refractivity contribution in [2.24, 2.45) is 0 Å². The molecule has 1 aliphatic heterocycles. The molecular formula is C20H22N2O10P2. The van der Waals surface area contributed by atoms with Crippen LogP contribution in [0.15, 0.2) is 54.9 Å². The zero-order chi connectivity index (χ0) is 24.7. The highest BCUT2D eigenvalue weighted by Crippen LogP contribution is 2.79. The standard InChI is InChI=1S/C20H22N2O10P2/c1-13(2)29-19(23)30-16-8-4-3-7-15(16)18-31-33(25,26)20(24,34(27,28)32-18)11-14-12-21-17-9-5-6-10-22(14)17/h3-10,12-13,18,24H,11H2,1-2H3,(H,25,26)(H,27,28). The Hall–Kier alpha value is -2.56. The maximum Gasteiger partial charge on any atom is 0.514 e. The Morgan fingerprint density at radius 3 is 2.47 bits per heavy atom. The number of nitrogens with zero attached hydrogens (tertiary/aromatic N) is 2. The summed E-state index contributed by atoms with van der Waals surface area (Å²) in [5, 5.41) is 7.83. The van der Waals surface area contributed by atoms with Gasteiger partial charge in [0.2, 0.25) is 6.29 Å². The third kappa shape index (κ3) is 4.42. The lowest BCUT2D eigenvalue weighted by Crippen LogP contribution is -2.38. The summed E-state index contributed by atoms with van der Waals surface area (Å²) >= 11 is 0. The molecule has 3 aromatic rings. The lowest BCUT2D eigenvalue weighted by atomic mass is 10.2. The molecule has 4 rings (SSSR count). The summed E-state index contributed by atoms with van der Waals surface area (Å²) in [4.78, 5) is 37.3. The lowest BCUT2D eigenvalue weighted by Gasteiger charge is -2.41. The van der Waals surface area contributed by atoms with Gasteiger partial charge in [-0.2, -0.15) is 0 Å². The third-order valence-electron chi connectivity index (χ3n) is 4.99. The van der Waals surface area contributed by atoms with E-state index in [1.807, 2.05) is 0 Å². The van der Waals surface area contributed by atoms with E-state index in [0.29, 0.717) is 5.65 Å². The molecule has 0 radical (unpaired) electrons. The predicted molar refractivity (Wildman–Crippen MR) is 117 cm³/mol. The van der Waals surface area contributed by atoms with Crippen LogP contribution in [-0.2, 0) is 29.3 Å². The van der Waals surface area contributed by atoms with Crippen molar-refractivity contribution in [1.29, 1.82) is 0 Å². The molecule has 2 aromatic heterocycles. The summed E-state index contributed by atoms with van der Waals surface area (Å²) in [6.07, 6.45) is -1.36. The highest BCUT2D eigenvalue weighted by Gasteiger charge is 2.67. The first-order valence-electron chi connectivity index (χ1n) is 10.1. The van der Waals surface area contributed by atoms with Gasteiger partial charge < -0.3 is 28.8 Å². The number of carbonyl (C=O) groups is 1. The highest BCUT2D eigenvalue weighted by atomic mass is 31.2. The average Bonchev–Trinajstić information content (AvgIpc) is 3.14. The third-order valence-corrected chi connectivity index (χ3v) is 9.59. The van der Waals surface area contributed by atoms with Gasteiger partial charge in [-0.05, 0) is 32.0 Å². The van der Waals surface area contributed by atoms with Gasteiger partial charge in [0.1, 0.15) is 11.4 Å². The first-order valence-corrected chi connectivity index (χ1v) is 13.2. The van der Waals surface area contributed by atoms with Crippen LogP contribution in [0.2, 0.25) is 0 Å². The van der Waals surface area contributed by atoms with E-state index in [0.717, 1.165) is 0 Å². The zero-order valence-corrected chi connectivity index (χ0v) is 19.8. The Morgan fingerprint density at radius 2 is 1.79 bits per heavy atom. The Labute approximate surface area is 193 Å². The molecule has 3 N–H and O–H groups in total. The van der Waals surface area contributed by atoms with Crippen molar-refractivity contribution in [3.8, 4) is 5.75 Å². The van der Waals surface area contributed by atoms with E-state index in [2.05, 4.69) is 4.98 Å². The van der Waals surface area contributed by atoms with Crippen molar-refractivity contribution in [3.63, 3.8) is 0 Å². The van der Waals surface area contributed by atoms with Crippen LogP contribution >= 0.6 is 15.2 Å². The monoisotopic (exact) mass is 512 g/mol. The van der Waals surface area contributed by atoms with Crippen LogP contribution in [0, 0.1) is 0 Å². The number of para-hydroxylation sites is 1. The quantitative estimate of drug-likeness (QED) is 0.260. The van der Waals surface area contributed by atoms with Gasteiger partial charge in [-0.3, -0.25) is 18.2 Å².